The Morgan fingerprint density at radius 3 is 2.75 bits per heavy atom. The van der Waals surface area contributed by atoms with Crippen molar-refractivity contribution in [2.24, 2.45) is 4.99 Å². The van der Waals surface area contributed by atoms with Crippen molar-refractivity contribution in [3.63, 3.8) is 0 Å². The maximum atomic E-state index is 12.0. The van der Waals surface area contributed by atoms with Crippen LogP contribution in [0.2, 0.25) is 0 Å². The molecule has 1 aliphatic rings. The lowest BCUT2D eigenvalue weighted by Crippen LogP contribution is -2.17. The minimum absolute atomic E-state index is 0.322. The lowest BCUT2D eigenvalue weighted by Gasteiger charge is -2.04. The highest BCUT2D eigenvalue weighted by atomic mass is 32.1. The zero-order valence-corrected chi connectivity index (χ0v) is 11.6. The number of carbonyl (C=O) groups excluding carboxylic acids is 1. The first-order valence-corrected chi connectivity index (χ1v) is 6.77. The van der Waals surface area contributed by atoms with Crippen molar-refractivity contribution in [2.45, 2.75) is 13.0 Å². The molecule has 0 radical (unpaired) electrons. The van der Waals surface area contributed by atoms with Gasteiger partial charge in [0.15, 0.2) is 6.04 Å². The van der Waals surface area contributed by atoms with Gasteiger partial charge in [0.2, 0.25) is 5.90 Å². The van der Waals surface area contributed by atoms with Crippen molar-refractivity contribution in [1.82, 2.24) is 9.59 Å². The zero-order valence-electron chi connectivity index (χ0n) is 10.7. The molecule has 0 aliphatic carbocycles. The number of esters is 1. The van der Waals surface area contributed by atoms with Gasteiger partial charge >= 0.3 is 5.97 Å². The summed E-state index contributed by atoms with van der Waals surface area (Å²) in [6.45, 7) is 5.80. The summed E-state index contributed by atoms with van der Waals surface area (Å²) >= 11 is 1.27. The van der Waals surface area contributed by atoms with E-state index in [1.165, 1.54) is 11.5 Å². The number of aromatic nitrogens is 2. The lowest BCUT2D eigenvalue weighted by atomic mass is 10.1. The van der Waals surface area contributed by atoms with Crippen molar-refractivity contribution in [3.05, 3.63) is 53.0 Å². The van der Waals surface area contributed by atoms with Crippen LogP contribution in [0.1, 0.15) is 16.1 Å². The summed E-state index contributed by atoms with van der Waals surface area (Å²) in [6.07, 6.45) is 0. The van der Waals surface area contributed by atoms with Crippen molar-refractivity contribution in [2.75, 3.05) is 0 Å². The Morgan fingerprint density at radius 2 is 2.10 bits per heavy atom. The minimum Gasteiger partial charge on any atom is -0.405 e. The molecule has 20 heavy (non-hydrogen) atoms. The van der Waals surface area contributed by atoms with Gasteiger partial charge in [0.05, 0.1) is 4.88 Å². The number of hydrogen-bond donors (Lipinski definition) is 0. The second kappa shape index (κ2) is 4.97. The second-order valence-electron chi connectivity index (χ2n) is 4.33. The average Bonchev–Trinajstić information content (AvgIpc) is 3.05. The number of cyclic esters (lactones) is 1. The molecule has 1 aromatic carbocycles. The Kier molecular flexibility index (Phi) is 3.15. The maximum Gasteiger partial charge on any atom is 0.342 e. The van der Waals surface area contributed by atoms with Crippen LogP contribution in [-0.4, -0.2) is 27.5 Å². The van der Waals surface area contributed by atoms with E-state index < -0.39 is 12.0 Å². The summed E-state index contributed by atoms with van der Waals surface area (Å²) in [7, 11) is 0. The van der Waals surface area contributed by atoms with Crippen molar-refractivity contribution in [3.8, 4) is 0 Å². The van der Waals surface area contributed by atoms with Gasteiger partial charge in [-0.05, 0) is 30.6 Å². The molecule has 1 atom stereocenters. The van der Waals surface area contributed by atoms with E-state index in [0.29, 0.717) is 17.2 Å². The van der Waals surface area contributed by atoms with Crippen LogP contribution in [-0.2, 0) is 9.53 Å². The summed E-state index contributed by atoms with van der Waals surface area (Å²) in [5.41, 5.74) is 1.91. The maximum absolute atomic E-state index is 12.0. The molecule has 0 saturated carbocycles. The van der Waals surface area contributed by atoms with E-state index in [4.69, 9.17) is 4.74 Å². The fourth-order valence-corrected chi connectivity index (χ4v) is 2.44. The topological polar surface area (TPSA) is 64.4 Å². The highest BCUT2D eigenvalue weighted by molar-refractivity contribution is 7.05. The molecule has 1 aromatic heterocycles. The van der Waals surface area contributed by atoms with Crippen molar-refractivity contribution >= 4 is 29.0 Å². The summed E-state index contributed by atoms with van der Waals surface area (Å²) in [5, 5.41) is 3.98. The molecule has 1 aliphatic heterocycles. The summed E-state index contributed by atoms with van der Waals surface area (Å²) in [6, 6.07) is 8.55. The standard InChI is InChI=1S/C14H11N3O2S/c1-8(11-9(2)20-17-16-11)12-14(18)19-13(15-12)10-6-4-3-5-7-10/h3-7,12H,1H2,2H3. The van der Waals surface area contributed by atoms with E-state index in [2.05, 4.69) is 21.2 Å². The molecule has 5 nitrogen and oxygen atoms in total. The molecule has 6 heteroatoms. The van der Waals surface area contributed by atoms with E-state index in [9.17, 15) is 4.79 Å². The van der Waals surface area contributed by atoms with Crippen LogP contribution < -0.4 is 0 Å². The van der Waals surface area contributed by atoms with Crippen LogP contribution in [0.3, 0.4) is 0 Å². The third-order valence-corrected chi connectivity index (χ3v) is 3.60. The van der Waals surface area contributed by atoms with Crippen LogP contribution in [0.25, 0.3) is 5.57 Å². The van der Waals surface area contributed by atoms with Gasteiger partial charge in [-0.1, -0.05) is 29.3 Å². The molecule has 1 unspecified atom stereocenters. The Hall–Kier alpha value is -2.34. The molecule has 100 valence electrons. The largest absolute Gasteiger partial charge is 0.405 e. The minimum atomic E-state index is -0.743. The normalized spacial score (nSPS) is 17.8. The average molecular weight is 285 g/mol. The first-order chi connectivity index (χ1) is 9.66. The molecule has 0 N–H and O–H groups in total. The number of aryl methyl sites for hydroxylation is 1. The van der Waals surface area contributed by atoms with Crippen molar-refractivity contribution < 1.29 is 9.53 Å². The summed E-state index contributed by atoms with van der Waals surface area (Å²) in [5.74, 6) is -0.108. The highest BCUT2D eigenvalue weighted by Crippen LogP contribution is 2.26. The van der Waals surface area contributed by atoms with E-state index in [1.54, 1.807) is 0 Å². The van der Waals surface area contributed by atoms with Crippen LogP contribution in [0.15, 0.2) is 41.9 Å². The van der Waals surface area contributed by atoms with E-state index in [0.717, 1.165) is 10.4 Å². The first kappa shape index (κ1) is 12.7. The third-order valence-electron chi connectivity index (χ3n) is 2.97. The monoisotopic (exact) mass is 285 g/mol. The van der Waals surface area contributed by atoms with Gasteiger partial charge in [-0.25, -0.2) is 9.79 Å². The Morgan fingerprint density at radius 1 is 1.35 bits per heavy atom. The Bertz CT molecular complexity index is 706. The number of rotatable bonds is 3. The van der Waals surface area contributed by atoms with Gasteiger partial charge in [0.1, 0.15) is 5.69 Å². The number of aliphatic imine (C=N–C) groups is 1. The zero-order chi connectivity index (χ0) is 14.1. The number of benzene rings is 1. The number of nitrogens with zero attached hydrogens (tertiary/aromatic N) is 3. The number of hydrogen-bond acceptors (Lipinski definition) is 6. The van der Waals surface area contributed by atoms with Crippen molar-refractivity contribution in [1.29, 1.82) is 0 Å². The van der Waals surface area contributed by atoms with E-state index in [1.807, 2.05) is 37.3 Å². The summed E-state index contributed by atoms with van der Waals surface area (Å²) < 4.78 is 9.07. The van der Waals surface area contributed by atoms with Crippen LogP contribution in [0.4, 0.5) is 0 Å². The fraction of sp³-hybridized carbons (Fsp3) is 0.143. The highest BCUT2D eigenvalue weighted by Gasteiger charge is 2.33. The molecule has 0 spiro atoms. The first-order valence-electron chi connectivity index (χ1n) is 6.00. The van der Waals surface area contributed by atoms with Gasteiger partial charge in [-0.2, -0.15) is 0 Å². The fourth-order valence-electron chi connectivity index (χ4n) is 1.94. The molecule has 0 amide bonds. The van der Waals surface area contributed by atoms with Gasteiger partial charge in [0.25, 0.3) is 0 Å². The molecule has 3 rings (SSSR count). The van der Waals surface area contributed by atoms with Crippen LogP contribution >= 0.6 is 11.5 Å². The summed E-state index contributed by atoms with van der Waals surface area (Å²) in [4.78, 5) is 17.2. The molecule has 2 heterocycles. The smallest absolute Gasteiger partial charge is 0.342 e. The quantitative estimate of drug-likeness (QED) is 0.811. The number of ether oxygens (including phenoxy) is 1. The van der Waals surface area contributed by atoms with Gasteiger partial charge in [0, 0.05) is 11.1 Å². The lowest BCUT2D eigenvalue weighted by molar-refractivity contribution is -0.133. The van der Waals surface area contributed by atoms with Gasteiger partial charge in [-0.15, -0.1) is 5.10 Å². The Labute approximate surface area is 119 Å². The van der Waals surface area contributed by atoms with Gasteiger partial charge < -0.3 is 4.74 Å². The van der Waals surface area contributed by atoms with Gasteiger partial charge in [-0.3, -0.25) is 0 Å². The molecule has 2 aromatic rings. The molecule has 0 bridgehead atoms. The number of carbonyl (C=O) groups is 1. The predicted octanol–water partition coefficient (Wildman–Crippen LogP) is 2.23. The Balaban J connectivity index is 1.92. The molecule has 0 fully saturated rings. The van der Waals surface area contributed by atoms with E-state index in [-0.39, 0.29) is 0 Å². The SMILES string of the molecule is C=C(c1nnsc1C)C1N=C(c2ccccc2)OC1=O. The predicted molar refractivity (Wildman–Crippen MR) is 76.5 cm³/mol. The second-order valence-corrected chi connectivity index (χ2v) is 5.29. The molecular formula is C14H11N3O2S. The van der Waals surface area contributed by atoms with Crippen LogP contribution in [0, 0.1) is 6.92 Å². The molecule has 0 saturated heterocycles. The third kappa shape index (κ3) is 2.14. The molecular weight excluding hydrogens is 274 g/mol. The van der Waals surface area contributed by atoms with E-state index >= 15 is 0 Å². The van der Waals surface area contributed by atoms with Crippen LogP contribution in [0.5, 0.6) is 0 Å².